The number of nitrogens with zero attached hydrogens (tertiary/aromatic N) is 1. The normalized spacial score (nSPS) is 25.4. The highest BCUT2D eigenvalue weighted by molar-refractivity contribution is 7.91. The van der Waals surface area contributed by atoms with E-state index in [4.69, 9.17) is 4.74 Å². The number of amides is 1. The zero-order valence-electron chi connectivity index (χ0n) is 14.0. The van der Waals surface area contributed by atoms with E-state index in [1.165, 1.54) is 11.3 Å². The van der Waals surface area contributed by atoms with Crippen LogP contribution in [0, 0.1) is 0 Å². The van der Waals surface area contributed by atoms with Crippen molar-refractivity contribution >= 4 is 39.7 Å². The Morgan fingerprint density at radius 3 is 2.72 bits per heavy atom. The zero-order chi connectivity index (χ0) is 17.2. The fourth-order valence-electron chi connectivity index (χ4n) is 3.12. The summed E-state index contributed by atoms with van der Waals surface area (Å²) in [5.74, 6) is 0.0433. The molecule has 2 aliphatic heterocycles. The number of hydrogen-bond donors (Lipinski definition) is 2. The van der Waals surface area contributed by atoms with Crippen molar-refractivity contribution in [3.63, 3.8) is 0 Å². The molecule has 1 amide bonds. The summed E-state index contributed by atoms with van der Waals surface area (Å²) in [4.78, 5) is 14.4. The molecule has 1 aromatic rings. The Balaban J connectivity index is 0.00000225. The molecule has 3 rings (SSSR count). The van der Waals surface area contributed by atoms with Gasteiger partial charge in [-0.2, -0.15) is 0 Å². The lowest BCUT2D eigenvalue weighted by atomic mass is 10.0. The second kappa shape index (κ2) is 8.79. The van der Waals surface area contributed by atoms with Crippen molar-refractivity contribution in [2.24, 2.45) is 0 Å². The number of carbonyl (C=O) groups is 1. The monoisotopic (exact) mass is 409 g/mol. The number of thiophene rings is 1. The Labute approximate surface area is 158 Å². The van der Waals surface area contributed by atoms with Crippen molar-refractivity contribution in [1.29, 1.82) is 0 Å². The fourth-order valence-corrected chi connectivity index (χ4v) is 5.43. The van der Waals surface area contributed by atoms with Crippen molar-refractivity contribution in [2.75, 3.05) is 26.2 Å². The molecule has 0 saturated carbocycles. The first-order chi connectivity index (χ1) is 11.5. The van der Waals surface area contributed by atoms with Crippen LogP contribution in [0.15, 0.2) is 21.7 Å². The average Bonchev–Trinajstić information content (AvgIpc) is 3.10. The summed E-state index contributed by atoms with van der Waals surface area (Å²) in [6, 6.07) is 2.88. The minimum Gasteiger partial charge on any atom is -0.375 e. The lowest BCUT2D eigenvalue weighted by Crippen LogP contribution is -2.58. The smallest absolute Gasteiger partial charge is 0.250 e. The highest BCUT2D eigenvalue weighted by Crippen LogP contribution is 2.19. The van der Waals surface area contributed by atoms with Gasteiger partial charge in [-0.15, -0.1) is 23.7 Å². The molecule has 142 valence electrons. The van der Waals surface area contributed by atoms with Gasteiger partial charge >= 0.3 is 0 Å². The maximum Gasteiger partial charge on any atom is 0.250 e. The van der Waals surface area contributed by atoms with Gasteiger partial charge in [0, 0.05) is 25.7 Å². The van der Waals surface area contributed by atoms with Crippen LogP contribution in [0.5, 0.6) is 0 Å². The number of ether oxygens (including phenoxy) is 1. The minimum absolute atomic E-state index is 0. The quantitative estimate of drug-likeness (QED) is 0.768. The second-order valence-corrected chi connectivity index (χ2v) is 9.05. The molecule has 2 fully saturated rings. The number of piperidine rings is 1. The van der Waals surface area contributed by atoms with Gasteiger partial charge in [0.1, 0.15) is 10.3 Å². The summed E-state index contributed by atoms with van der Waals surface area (Å²) in [5, 5.41) is 4.95. The Hall–Kier alpha value is -0.710. The topological polar surface area (TPSA) is 87.7 Å². The highest BCUT2D eigenvalue weighted by atomic mass is 35.5. The van der Waals surface area contributed by atoms with Crippen LogP contribution in [0.1, 0.15) is 19.8 Å². The number of halogens is 1. The number of morpholine rings is 1. The van der Waals surface area contributed by atoms with Crippen molar-refractivity contribution in [1.82, 2.24) is 14.9 Å². The van der Waals surface area contributed by atoms with Crippen molar-refractivity contribution < 1.29 is 17.9 Å². The average molecular weight is 410 g/mol. The third-order valence-corrected chi connectivity index (χ3v) is 7.39. The van der Waals surface area contributed by atoms with Crippen molar-refractivity contribution in [3.05, 3.63) is 17.5 Å². The lowest BCUT2D eigenvalue weighted by molar-refractivity contribution is -0.140. The van der Waals surface area contributed by atoms with E-state index in [1.54, 1.807) is 22.4 Å². The highest BCUT2D eigenvalue weighted by Gasteiger charge is 2.34. The number of nitrogens with one attached hydrogen (secondary N) is 2. The van der Waals surface area contributed by atoms with Gasteiger partial charge in [-0.1, -0.05) is 6.07 Å². The predicted molar refractivity (Wildman–Crippen MR) is 98.7 cm³/mol. The van der Waals surface area contributed by atoms with Crippen molar-refractivity contribution in [2.45, 2.75) is 42.2 Å². The van der Waals surface area contributed by atoms with Gasteiger partial charge in [-0.25, -0.2) is 13.1 Å². The Morgan fingerprint density at radius 2 is 2.12 bits per heavy atom. The molecule has 10 heteroatoms. The summed E-state index contributed by atoms with van der Waals surface area (Å²) >= 11 is 1.21. The van der Waals surface area contributed by atoms with Crippen LogP contribution >= 0.6 is 23.7 Å². The first kappa shape index (κ1) is 20.6. The largest absolute Gasteiger partial charge is 0.375 e. The molecule has 0 spiro atoms. The number of sulfonamides is 1. The molecule has 7 nitrogen and oxygen atoms in total. The SMILES string of the molecule is C[C@H]1OCCN[C@@H]1C(=O)N1CCC(NS(=O)(=O)c2cccs2)CC1.Cl. The molecule has 2 aliphatic rings. The number of likely N-dealkylation sites (tertiary alicyclic amines) is 1. The van der Waals surface area contributed by atoms with Gasteiger partial charge in [0.25, 0.3) is 0 Å². The van der Waals surface area contributed by atoms with Gasteiger partial charge in [0.15, 0.2) is 0 Å². The van der Waals surface area contributed by atoms with E-state index in [0.29, 0.717) is 43.3 Å². The standard InChI is InChI=1S/C15H23N3O4S2.ClH/c1-11-14(16-6-9-22-11)15(19)18-7-4-12(5-8-18)17-24(20,21)13-3-2-10-23-13;/h2-3,10-12,14,16-17H,4-9H2,1H3;1H/t11-,14+;/m1./s1. The van der Waals surface area contributed by atoms with Gasteiger partial charge in [0.05, 0.1) is 12.7 Å². The number of carbonyl (C=O) groups excluding carboxylic acids is 1. The Bertz CT molecular complexity index is 660. The molecule has 25 heavy (non-hydrogen) atoms. The third kappa shape index (κ3) is 4.93. The summed E-state index contributed by atoms with van der Waals surface area (Å²) in [5.41, 5.74) is 0. The first-order valence-electron chi connectivity index (χ1n) is 8.17. The molecule has 0 aliphatic carbocycles. The van der Waals surface area contributed by atoms with E-state index in [2.05, 4.69) is 10.0 Å². The van der Waals surface area contributed by atoms with Crippen LogP contribution < -0.4 is 10.0 Å². The molecule has 0 bridgehead atoms. The van der Waals surface area contributed by atoms with Crippen LogP contribution in [0.2, 0.25) is 0 Å². The third-order valence-electron chi connectivity index (χ3n) is 4.47. The lowest BCUT2D eigenvalue weighted by Gasteiger charge is -2.37. The molecular weight excluding hydrogens is 386 g/mol. The number of hydrogen-bond acceptors (Lipinski definition) is 6. The maximum atomic E-state index is 12.6. The zero-order valence-corrected chi connectivity index (χ0v) is 16.5. The Morgan fingerprint density at radius 1 is 1.40 bits per heavy atom. The van der Waals surface area contributed by atoms with Gasteiger partial charge in [0.2, 0.25) is 15.9 Å². The minimum atomic E-state index is -3.45. The summed E-state index contributed by atoms with van der Waals surface area (Å²) < 4.78 is 33.1. The van der Waals surface area contributed by atoms with E-state index in [9.17, 15) is 13.2 Å². The van der Waals surface area contributed by atoms with Gasteiger partial charge in [-0.3, -0.25) is 4.79 Å². The molecule has 2 atom stereocenters. The van der Waals surface area contributed by atoms with Crippen LogP contribution in [0.4, 0.5) is 0 Å². The van der Waals surface area contributed by atoms with E-state index >= 15 is 0 Å². The molecule has 0 unspecified atom stereocenters. The molecule has 1 aromatic heterocycles. The number of rotatable bonds is 4. The molecule has 3 heterocycles. The van der Waals surface area contributed by atoms with Gasteiger partial charge < -0.3 is 15.0 Å². The Kier molecular flexibility index (Phi) is 7.24. The van der Waals surface area contributed by atoms with Crippen molar-refractivity contribution in [3.8, 4) is 0 Å². The predicted octanol–water partition coefficient (Wildman–Crippen LogP) is 0.816. The van der Waals surface area contributed by atoms with Gasteiger partial charge in [-0.05, 0) is 31.2 Å². The second-order valence-electron chi connectivity index (χ2n) is 6.16. The first-order valence-corrected chi connectivity index (χ1v) is 10.5. The van der Waals surface area contributed by atoms with E-state index in [1.807, 2.05) is 6.92 Å². The van der Waals surface area contributed by atoms with E-state index in [-0.39, 0.29) is 36.5 Å². The van der Waals surface area contributed by atoms with E-state index in [0.717, 1.165) is 0 Å². The van der Waals surface area contributed by atoms with E-state index < -0.39 is 10.0 Å². The molecule has 2 saturated heterocycles. The molecule has 2 N–H and O–H groups in total. The van der Waals surface area contributed by atoms with Crippen LogP contribution in [-0.2, 0) is 19.6 Å². The molecular formula is C15H24ClN3O4S2. The summed E-state index contributed by atoms with van der Waals surface area (Å²) in [6.45, 7) is 4.31. The fraction of sp³-hybridized carbons (Fsp3) is 0.667. The summed E-state index contributed by atoms with van der Waals surface area (Å²) in [6.07, 6.45) is 1.11. The molecule has 0 radical (unpaired) electrons. The van der Waals surface area contributed by atoms with Crippen LogP contribution in [0.3, 0.4) is 0 Å². The van der Waals surface area contributed by atoms with Crippen LogP contribution in [-0.4, -0.2) is 63.7 Å². The summed E-state index contributed by atoms with van der Waals surface area (Å²) in [7, 11) is -3.45. The van der Waals surface area contributed by atoms with Crippen LogP contribution in [0.25, 0.3) is 0 Å². The molecule has 0 aromatic carbocycles. The maximum absolute atomic E-state index is 12.6.